The number of piperazine rings is 1. The van der Waals surface area contributed by atoms with Crippen LogP contribution in [0.5, 0.6) is 0 Å². The molecule has 1 aliphatic heterocycles. The molecule has 3 nitrogen and oxygen atoms in total. The lowest BCUT2D eigenvalue weighted by Gasteiger charge is -2.30. The van der Waals surface area contributed by atoms with E-state index in [0.29, 0.717) is 5.56 Å². The third-order valence-electron chi connectivity index (χ3n) is 4.29. The predicted octanol–water partition coefficient (Wildman–Crippen LogP) is 1.87. The zero-order valence-electron chi connectivity index (χ0n) is 13.5. The number of nitrogens with zero attached hydrogens (tertiary/aromatic N) is 2. The molecule has 1 N–H and O–H groups in total. The smallest absolute Gasteiger partial charge is 0.132 e. The topological polar surface area (TPSA) is 20.0 Å². The van der Waals surface area contributed by atoms with Crippen molar-refractivity contribution in [1.82, 2.24) is 5.01 Å². The monoisotopic (exact) mass is 312 g/mol. The van der Waals surface area contributed by atoms with Crippen LogP contribution in [-0.4, -0.2) is 37.4 Å². The Labute approximate surface area is 137 Å². The van der Waals surface area contributed by atoms with Crippen LogP contribution in [0.2, 0.25) is 0 Å². The highest BCUT2D eigenvalue weighted by Gasteiger charge is 2.18. The summed E-state index contributed by atoms with van der Waals surface area (Å²) in [5.74, 6) is -0.222. The van der Waals surface area contributed by atoms with E-state index >= 15 is 0 Å². The number of hydrogen-bond donors (Lipinski definition) is 1. The van der Waals surface area contributed by atoms with Gasteiger partial charge >= 0.3 is 0 Å². The summed E-state index contributed by atoms with van der Waals surface area (Å²) in [5.41, 5.74) is 3.23. The Morgan fingerprint density at radius 3 is 2.48 bits per heavy atom. The van der Waals surface area contributed by atoms with Gasteiger partial charge in [-0.25, -0.2) is 4.39 Å². The predicted molar refractivity (Wildman–Crippen MR) is 91.1 cm³/mol. The summed E-state index contributed by atoms with van der Waals surface area (Å²) >= 11 is 0. The van der Waals surface area contributed by atoms with Crippen molar-refractivity contribution in [2.24, 2.45) is 5.10 Å². The highest BCUT2D eigenvalue weighted by atomic mass is 19.1. The standard InChI is InChI=1S/C19H22FN3/c1-16-6-8-17(9-7-16)15-22-10-12-23(13-11-22)21-14-18-4-2-3-5-19(18)20/h2-9,14H,10-13,15H2,1H3/p+1/b21-14-. The van der Waals surface area contributed by atoms with Crippen molar-refractivity contribution in [2.75, 3.05) is 26.2 Å². The van der Waals surface area contributed by atoms with Crippen molar-refractivity contribution < 1.29 is 9.29 Å². The third kappa shape index (κ3) is 4.39. The van der Waals surface area contributed by atoms with Gasteiger partial charge in [0.1, 0.15) is 12.4 Å². The van der Waals surface area contributed by atoms with E-state index in [1.165, 1.54) is 17.2 Å². The Hall–Kier alpha value is -2.20. The van der Waals surface area contributed by atoms with E-state index in [4.69, 9.17) is 0 Å². The maximum Gasteiger partial charge on any atom is 0.132 e. The van der Waals surface area contributed by atoms with Crippen LogP contribution < -0.4 is 4.90 Å². The minimum Gasteiger partial charge on any atom is -0.328 e. The minimum absolute atomic E-state index is 0.222. The van der Waals surface area contributed by atoms with Gasteiger partial charge in [0.2, 0.25) is 0 Å². The van der Waals surface area contributed by atoms with Crippen LogP contribution in [0.15, 0.2) is 53.6 Å². The van der Waals surface area contributed by atoms with Crippen LogP contribution in [0.3, 0.4) is 0 Å². The molecule has 120 valence electrons. The van der Waals surface area contributed by atoms with Gasteiger partial charge in [-0.3, -0.25) is 5.01 Å². The summed E-state index contributed by atoms with van der Waals surface area (Å²) in [7, 11) is 0. The highest BCUT2D eigenvalue weighted by Crippen LogP contribution is 2.04. The van der Waals surface area contributed by atoms with Crippen molar-refractivity contribution in [3.8, 4) is 0 Å². The molecule has 2 aromatic carbocycles. The molecule has 0 amide bonds. The summed E-state index contributed by atoms with van der Waals surface area (Å²) in [6, 6.07) is 15.5. The second kappa shape index (κ2) is 7.38. The van der Waals surface area contributed by atoms with E-state index in [-0.39, 0.29) is 5.82 Å². The molecule has 23 heavy (non-hydrogen) atoms. The first-order chi connectivity index (χ1) is 11.2. The van der Waals surface area contributed by atoms with Crippen LogP contribution in [0, 0.1) is 12.7 Å². The lowest BCUT2D eigenvalue weighted by molar-refractivity contribution is -0.918. The minimum atomic E-state index is -0.222. The van der Waals surface area contributed by atoms with Gasteiger partial charge in [0.15, 0.2) is 0 Å². The van der Waals surface area contributed by atoms with Crippen LogP contribution in [0.25, 0.3) is 0 Å². The van der Waals surface area contributed by atoms with Crippen molar-refractivity contribution in [3.05, 3.63) is 71.0 Å². The SMILES string of the molecule is Cc1ccc(C[NH+]2CCN(/N=C\c3ccccc3F)CC2)cc1. The Morgan fingerprint density at radius 2 is 1.78 bits per heavy atom. The molecule has 0 aromatic heterocycles. The number of quaternary nitrogens is 1. The van der Waals surface area contributed by atoms with Crippen molar-refractivity contribution >= 4 is 6.21 Å². The molecule has 0 unspecified atom stereocenters. The molecule has 4 heteroatoms. The molecule has 1 fully saturated rings. The number of rotatable bonds is 4. The summed E-state index contributed by atoms with van der Waals surface area (Å²) in [6.45, 7) is 7.11. The second-order valence-electron chi connectivity index (χ2n) is 6.13. The molecular formula is C19H23FN3+. The molecule has 1 saturated heterocycles. The summed E-state index contributed by atoms with van der Waals surface area (Å²) < 4.78 is 13.6. The molecule has 0 bridgehead atoms. The molecule has 0 spiro atoms. The summed E-state index contributed by atoms with van der Waals surface area (Å²) in [6.07, 6.45) is 1.63. The first-order valence-electron chi connectivity index (χ1n) is 8.13. The Kier molecular flexibility index (Phi) is 5.03. The normalized spacial score (nSPS) is 16.2. The number of benzene rings is 2. The van der Waals surface area contributed by atoms with Crippen molar-refractivity contribution in [2.45, 2.75) is 13.5 Å². The average Bonchev–Trinajstić information content (AvgIpc) is 2.58. The summed E-state index contributed by atoms with van der Waals surface area (Å²) in [4.78, 5) is 1.58. The average molecular weight is 312 g/mol. The van der Waals surface area contributed by atoms with Crippen molar-refractivity contribution in [1.29, 1.82) is 0 Å². The number of aryl methyl sites for hydroxylation is 1. The Bertz CT molecular complexity index is 659. The van der Waals surface area contributed by atoms with Crippen LogP contribution in [0.1, 0.15) is 16.7 Å². The fourth-order valence-electron chi connectivity index (χ4n) is 2.82. The Balaban J connectivity index is 1.50. The molecule has 2 aromatic rings. The van der Waals surface area contributed by atoms with Crippen LogP contribution in [-0.2, 0) is 6.54 Å². The third-order valence-corrected chi connectivity index (χ3v) is 4.29. The molecule has 1 heterocycles. The van der Waals surface area contributed by atoms with Gasteiger partial charge in [0, 0.05) is 11.1 Å². The lowest BCUT2D eigenvalue weighted by atomic mass is 10.1. The van der Waals surface area contributed by atoms with Gasteiger partial charge < -0.3 is 4.90 Å². The molecule has 0 atom stereocenters. The van der Waals surface area contributed by atoms with Gasteiger partial charge in [0.25, 0.3) is 0 Å². The van der Waals surface area contributed by atoms with Gasteiger partial charge in [-0.2, -0.15) is 5.10 Å². The van der Waals surface area contributed by atoms with E-state index in [1.54, 1.807) is 23.2 Å². The van der Waals surface area contributed by atoms with E-state index in [9.17, 15) is 4.39 Å². The largest absolute Gasteiger partial charge is 0.328 e. The Morgan fingerprint density at radius 1 is 1.09 bits per heavy atom. The lowest BCUT2D eigenvalue weighted by Crippen LogP contribution is -3.13. The molecule has 3 rings (SSSR count). The number of hydrogen-bond acceptors (Lipinski definition) is 2. The van der Waals surface area contributed by atoms with Gasteiger partial charge in [-0.15, -0.1) is 0 Å². The number of halogens is 1. The number of hydrazone groups is 1. The maximum absolute atomic E-state index is 13.6. The second-order valence-corrected chi connectivity index (χ2v) is 6.13. The zero-order chi connectivity index (χ0) is 16.1. The molecule has 1 aliphatic rings. The molecule has 0 radical (unpaired) electrons. The van der Waals surface area contributed by atoms with Gasteiger partial charge in [0.05, 0.1) is 32.4 Å². The van der Waals surface area contributed by atoms with E-state index in [0.717, 1.165) is 32.7 Å². The quantitative estimate of drug-likeness (QED) is 0.855. The summed E-state index contributed by atoms with van der Waals surface area (Å²) in [5, 5.41) is 6.46. The molecular weight excluding hydrogens is 289 g/mol. The van der Waals surface area contributed by atoms with E-state index < -0.39 is 0 Å². The molecule has 0 aliphatic carbocycles. The van der Waals surface area contributed by atoms with Gasteiger partial charge in [-0.05, 0) is 13.0 Å². The van der Waals surface area contributed by atoms with Gasteiger partial charge in [-0.1, -0.05) is 48.0 Å². The van der Waals surface area contributed by atoms with Crippen LogP contribution >= 0.6 is 0 Å². The highest BCUT2D eigenvalue weighted by molar-refractivity contribution is 5.79. The van der Waals surface area contributed by atoms with E-state index in [2.05, 4.69) is 36.3 Å². The molecule has 0 saturated carbocycles. The zero-order valence-corrected chi connectivity index (χ0v) is 13.5. The first kappa shape index (κ1) is 15.7. The first-order valence-corrected chi connectivity index (χ1v) is 8.13. The fourth-order valence-corrected chi connectivity index (χ4v) is 2.82. The number of nitrogens with one attached hydrogen (secondary N) is 1. The van der Waals surface area contributed by atoms with Crippen LogP contribution in [0.4, 0.5) is 4.39 Å². The fraction of sp³-hybridized carbons (Fsp3) is 0.316. The maximum atomic E-state index is 13.6. The van der Waals surface area contributed by atoms with E-state index in [1.807, 2.05) is 11.1 Å². The van der Waals surface area contributed by atoms with Crippen molar-refractivity contribution in [3.63, 3.8) is 0 Å².